The van der Waals surface area contributed by atoms with Crippen LogP contribution in [0.4, 0.5) is 5.82 Å². The van der Waals surface area contributed by atoms with Crippen molar-refractivity contribution < 1.29 is 9.88 Å². The first-order valence-electron chi connectivity index (χ1n) is 8.09. The molecule has 3 nitrogen and oxygen atoms in total. The molecule has 22 heavy (non-hydrogen) atoms. The zero-order valence-electron chi connectivity index (χ0n) is 13.3. The number of aromatic nitrogens is 1. The van der Waals surface area contributed by atoms with Crippen LogP contribution in [-0.2, 0) is 0 Å². The van der Waals surface area contributed by atoms with Crippen LogP contribution in [0.5, 0.6) is 0 Å². The first-order valence-corrected chi connectivity index (χ1v) is 8.09. The van der Waals surface area contributed by atoms with Crippen molar-refractivity contribution in [2.45, 2.75) is 6.92 Å². The Bertz CT molecular complexity index is 599. The van der Waals surface area contributed by atoms with Crippen LogP contribution in [0.25, 0.3) is 6.08 Å². The van der Waals surface area contributed by atoms with E-state index in [0.29, 0.717) is 0 Å². The second-order valence-corrected chi connectivity index (χ2v) is 6.06. The Hall–Kier alpha value is -2.13. The molecular formula is C19H25N3+2. The highest BCUT2D eigenvalue weighted by molar-refractivity contribution is 5.52. The molecule has 0 aliphatic carbocycles. The maximum absolute atomic E-state index is 3.33. The summed E-state index contributed by atoms with van der Waals surface area (Å²) in [7, 11) is 0. The summed E-state index contributed by atoms with van der Waals surface area (Å²) >= 11 is 0. The summed E-state index contributed by atoms with van der Waals surface area (Å²) in [4.78, 5) is 7.45. The SMILES string of the molecule is C/C(=C/c1ccccc1)C[NH+]1CCN(c2cccc[nH+]2)CC1. The first-order chi connectivity index (χ1) is 10.8. The van der Waals surface area contributed by atoms with Gasteiger partial charge in [-0.2, -0.15) is 0 Å². The maximum Gasteiger partial charge on any atom is 0.274 e. The smallest absolute Gasteiger partial charge is 0.274 e. The first kappa shape index (κ1) is 14.8. The van der Waals surface area contributed by atoms with Gasteiger partial charge < -0.3 is 4.90 Å². The van der Waals surface area contributed by atoms with Gasteiger partial charge in [0.1, 0.15) is 26.2 Å². The second-order valence-electron chi connectivity index (χ2n) is 6.06. The van der Waals surface area contributed by atoms with Crippen LogP contribution >= 0.6 is 0 Å². The van der Waals surface area contributed by atoms with Gasteiger partial charge in [-0.25, -0.2) is 4.98 Å². The molecule has 1 fully saturated rings. The molecule has 0 spiro atoms. The van der Waals surface area contributed by atoms with Gasteiger partial charge in [-0.05, 0) is 24.1 Å². The molecule has 0 bridgehead atoms. The predicted octanol–water partition coefficient (Wildman–Crippen LogP) is 1.31. The van der Waals surface area contributed by atoms with Crippen molar-refractivity contribution in [3.63, 3.8) is 0 Å². The van der Waals surface area contributed by atoms with E-state index in [1.807, 2.05) is 12.3 Å². The third-order valence-electron chi connectivity index (χ3n) is 4.25. The van der Waals surface area contributed by atoms with E-state index in [-0.39, 0.29) is 0 Å². The molecule has 2 heterocycles. The van der Waals surface area contributed by atoms with Crippen molar-refractivity contribution >= 4 is 11.9 Å². The number of quaternary nitrogens is 1. The third kappa shape index (κ3) is 3.95. The molecule has 1 aliphatic heterocycles. The Morgan fingerprint density at radius 1 is 1.09 bits per heavy atom. The standard InChI is InChI=1S/C19H23N3/c1-17(15-18-7-3-2-4-8-18)16-21-11-13-22(14-12-21)19-9-5-6-10-20-19/h2-10,15H,11-14,16H2,1H3/p+2/b17-15-. The summed E-state index contributed by atoms with van der Waals surface area (Å²) in [5.41, 5.74) is 2.76. The lowest BCUT2D eigenvalue weighted by Gasteiger charge is -2.28. The highest BCUT2D eigenvalue weighted by atomic mass is 15.3. The number of piperazine rings is 1. The van der Waals surface area contributed by atoms with Crippen molar-refractivity contribution in [3.8, 4) is 0 Å². The zero-order chi connectivity index (χ0) is 15.2. The monoisotopic (exact) mass is 295 g/mol. The average Bonchev–Trinajstić information content (AvgIpc) is 2.57. The number of aromatic amines is 1. The highest BCUT2D eigenvalue weighted by Crippen LogP contribution is 2.06. The molecular weight excluding hydrogens is 270 g/mol. The lowest BCUT2D eigenvalue weighted by Crippen LogP contribution is -3.15. The number of pyridine rings is 1. The number of hydrogen-bond acceptors (Lipinski definition) is 1. The van der Waals surface area contributed by atoms with Crippen LogP contribution in [0.3, 0.4) is 0 Å². The molecule has 2 N–H and O–H groups in total. The van der Waals surface area contributed by atoms with E-state index in [2.05, 4.69) is 65.3 Å². The van der Waals surface area contributed by atoms with Crippen LogP contribution in [0, 0.1) is 0 Å². The molecule has 3 heteroatoms. The van der Waals surface area contributed by atoms with Gasteiger partial charge in [0, 0.05) is 6.07 Å². The summed E-state index contributed by atoms with van der Waals surface area (Å²) in [6, 6.07) is 16.9. The second kappa shape index (κ2) is 7.23. The van der Waals surface area contributed by atoms with Crippen LogP contribution in [0.1, 0.15) is 12.5 Å². The number of anilines is 1. The molecule has 1 aromatic heterocycles. The molecule has 3 rings (SSSR count). The normalized spacial score (nSPS) is 16.8. The molecule has 0 saturated carbocycles. The molecule has 0 radical (unpaired) electrons. The van der Waals surface area contributed by atoms with Gasteiger partial charge in [-0.1, -0.05) is 42.5 Å². The molecule has 0 atom stereocenters. The van der Waals surface area contributed by atoms with Gasteiger partial charge >= 0.3 is 0 Å². The van der Waals surface area contributed by atoms with Crippen LogP contribution < -0.4 is 14.8 Å². The summed E-state index contributed by atoms with van der Waals surface area (Å²) in [6.45, 7) is 8.02. The van der Waals surface area contributed by atoms with Crippen LogP contribution in [0.2, 0.25) is 0 Å². The Kier molecular flexibility index (Phi) is 4.86. The molecule has 1 saturated heterocycles. The Labute approximate surface area is 132 Å². The highest BCUT2D eigenvalue weighted by Gasteiger charge is 2.25. The minimum Gasteiger partial charge on any atom is -0.325 e. The largest absolute Gasteiger partial charge is 0.325 e. The van der Waals surface area contributed by atoms with Gasteiger partial charge in [0.05, 0.1) is 12.7 Å². The lowest BCUT2D eigenvalue weighted by atomic mass is 10.1. The summed E-state index contributed by atoms with van der Waals surface area (Å²) in [6.07, 6.45) is 4.31. The van der Waals surface area contributed by atoms with Gasteiger partial charge in [0.15, 0.2) is 0 Å². The van der Waals surface area contributed by atoms with Crippen LogP contribution in [0.15, 0.2) is 60.3 Å². The summed E-state index contributed by atoms with van der Waals surface area (Å²) < 4.78 is 0. The summed E-state index contributed by atoms with van der Waals surface area (Å²) in [5, 5.41) is 0. The van der Waals surface area contributed by atoms with Crippen molar-refractivity contribution in [2.75, 3.05) is 37.6 Å². The van der Waals surface area contributed by atoms with Crippen molar-refractivity contribution in [1.82, 2.24) is 0 Å². The topological polar surface area (TPSA) is 21.8 Å². The fourth-order valence-electron chi connectivity index (χ4n) is 3.10. The van der Waals surface area contributed by atoms with E-state index >= 15 is 0 Å². The molecule has 2 aromatic rings. The summed E-state index contributed by atoms with van der Waals surface area (Å²) in [5.74, 6) is 1.23. The number of benzene rings is 1. The minimum absolute atomic E-state index is 1.12. The number of hydrogen-bond donors (Lipinski definition) is 1. The van der Waals surface area contributed by atoms with E-state index in [9.17, 15) is 0 Å². The van der Waals surface area contributed by atoms with Crippen molar-refractivity contribution in [2.24, 2.45) is 0 Å². The van der Waals surface area contributed by atoms with E-state index in [1.54, 1.807) is 4.90 Å². The van der Waals surface area contributed by atoms with Gasteiger partial charge in [0.25, 0.3) is 5.82 Å². The van der Waals surface area contributed by atoms with Gasteiger partial charge in [0.2, 0.25) is 0 Å². The Morgan fingerprint density at radius 3 is 2.50 bits per heavy atom. The van der Waals surface area contributed by atoms with Crippen LogP contribution in [-0.4, -0.2) is 32.7 Å². The third-order valence-corrected chi connectivity index (χ3v) is 4.25. The Balaban J connectivity index is 1.53. The van der Waals surface area contributed by atoms with Crippen molar-refractivity contribution in [3.05, 3.63) is 65.9 Å². The zero-order valence-corrected chi connectivity index (χ0v) is 13.3. The van der Waals surface area contributed by atoms with E-state index in [1.165, 1.54) is 30.0 Å². The van der Waals surface area contributed by atoms with Gasteiger partial charge in [-0.15, -0.1) is 0 Å². The van der Waals surface area contributed by atoms with Gasteiger partial charge in [-0.3, -0.25) is 4.90 Å². The minimum atomic E-state index is 1.12. The lowest BCUT2D eigenvalue weighted by molar-refractivity contribution is -0.895. The molecule has 0 amide bonds. The number of nitrogens with one attached hydrogen (secondary N) is 2. The van der Waals surface area contributed by atoms with E-state index in [0.717, 1.165) is 19.6 Å². The fraction of sp³-hybridized carbons (Fsp3) is 0.316. The van der Waals surface area contributed by atoms with E-state index in [4.69, 9.17) is 0 Å². The number of rotatable bonds is 4. The maximum atomic E-state index is 3.33. The van der Waals surface area contributed by atoms with Crippen molar-refractivity contribution in [1.29, 1.82) is 0 Å². The fourth-order valence-corrected chi connectivity index (χ4v) is 3.10. The molecule has 114 valence electrons. The average molecular weight is 295 g/mol. The number of H-pyrrole nitrogens is 1. The number of nitrogens with zero attached hydrogens (tertiary/aromatic N) is 1. The van der Waals surface area contributed by atoms with E-state index < -0.39 is 0 Å². The molecule has 1 aliphatic rings. The molecule has 1 aromatic carbocycles. The Morgan fingerprint density at radius 2 is 1.82 bits per heavy atom. The quantitative estimate of drug-likeness (QED) is 0.902. The predicted molar refractivity (Wildman–Crippen MR) is 90.9 cm³/mol. The molecule has 0 unspecified atom stereocenters.